The molecule has 0 bridgehead atoms. The standard InChI is InChI=1S/C13H14F2N2O4/c14-13(15)20-10-4-1-8(7-11(10)21-13)16-12(19)17(5-6-18)9-2-3-9/h1,4,7,9,18H,2-3,5-6H2,(H,16,19). The third kappa shape index (κ3) is 2.99. The number of alkyl halides is 2. The molecular weight excluding hydrogens is 286 g/mol. The zero-order valence-corrected chi connectivity index (χ0v) is 11.0. The lowest BCUT2D eigenvalue weighted by molar-refractivity contribution is -0.286. The zero-order chi connectivity index (χ0) is 15.0. The van der Waals surface area contributed by atoms with Gasteiger partial charge in [-0.2, -0.15) is 0 Å². The van der Waals surface area contributed by atoms with Gasteiger partial charge >= 0.3 is 12.3 Å². The number of rotatable bonds is 4. The number of anilines is 1. The Morgan fingerprint density at radius 1 is 1.38 bits per heavy atom. The SMILES string of the molecule is O=C(Nc1ccc2c(c1)OC(F)(F)O2)N(CCO)C1CC1. The summed E-state index contributed by atoms with van der Waals surface area (Å²) in [6.07, 6.45) is -1.87. The average Bonchev–Trinajstić information content (AvgIpc) is 3.18. The Morgan fingerprint density at radius 2 is 2.10 bits per heavy atom. The molecule has 0 atom stereocenters. The minimum absolute atomic E-state index is 0.0765. The van der Waals surface area contributed by atoms with Crippen LogP contribution in [-0.2, 0) is 0 Å². The smallest absolute Gasteiger partial charge is 0.395 e. The molecule has 0 unspecified atom stereocenters. The fourth-order valence-corrected chi connectivity index (χ4v) is 2.17. The van der Waals surface area contributed by atoms with Crippen LogP contribution in [0.4, 0.5) is 19.3 Å². The highest BCUT2D eigenvalue weighted by Crippen LogP contribution is 2.42. The van der Waals surface area contributed by atoms with Gasteiger partial charge in [0.2, 0.25) is 0 Å². The van der Waals surface area contributed by atoms with Gasteiger partial charge < -0.3 is 24.8 Å². The molecule has 1 aliphatic heterocycles. The molecule has 2 amide bonds. The second-order valence-corrected chi connectivity index (χ2v) is 4.91. The van der Waals surface area contributed by atoms with Crippen molar-refractivity contribution in [2.45, 2.75) is 25.2 Å². The molecule has 1 aromatic carbocycles. The molecular formula is C13H14F2N2O4. The average molecular weight is 300 g/mol. The maximum absolute atomic E-state index is 12.9. The van der Waals surface area contributed by atoms with E-state index in [-0.39, 0.29) is 36.7 Å². The number of hydrogen-bond donors (Lipinski definition) is 2. The normalized spacial score (nSPS) is 18.4. The first kappa shape index (κ1) is 13.9. The summed E-state index contributed by atoms with van der Waals surface area (Å²) in [5.74, 6) is -0.203. The van der Waals surface area contributed by atoms with Crippen LogP contribution in [0.3, 0.4) is 0 Å². The van der Waals surface area contributed by atoms with Crippen molar-refractivity contribution in [2.24, 2.45) is 0 Å². The van der Waals surface area contributed by atoms with E-state index >= 15 is 0 Å². The number of carbonyl (C=O) groups excluding carboxylic acids is 1. The molecule has 114 valence electrons. The van der Waals surface area contributed by atoms with Gasteiger partial charge in [0.05, 0.1) is 6.61 Å². The van der Waals surface area contributed by atoms with Gasteiger partial charge in [-0.3, -0.25) is 0 Å². The Morgan fingerprint density at radius 3 is 2.76 bits per heavy atom. The summed E-state index contributed by atoms with van der Waals surface area (Å²) in [7, 11) is 0. The quantitative estimate of drug-likeness (QED) is 0.892. The number of aliphatic hydroxyl groups excluding tert-OH is 1. The molecule has 3 rings (SSSR count). The summed E-state index contributed by atoms with van der Waals surface area (Å²) < 4.78 is 34.4. The Bertz CT molecular complexity index is 563. The number of ether oxygens (including phenoxy) is 2. The number of benzene rings is 1. The first-order chi connectivity index (χ1) is 9.98. The van der Waals surface area contributed by atoms with E-state index in [1.165, 1.54) is 23.1 Å². The van der Waals surface area contributed by atoms with E-state index in [2.05, 4.69) is 14.8 Å². The highest BCUT2D eigenvalue weighted by molar-refractivity contribution is 5.90. The summed E-state index contributed by atoms with van der Waals surface area (Å²) in [6, 6.07) is 3.79. The summed E-state index contributed by atoms with van der Waals surface area (Å²) in [4.78, 5) is 13.6. The lowest BCUT2D eigenvalue weighted by atomic mass is 10.3. The largest absolute Gasteiger partial charge is 0.586 e. The maximum Gasteiger partial charge on any atom is 0.586 e. The number of fused-ring (bicyclic) bond motifs is 1. The minimum atomic E-state index is -3.68. The second kappa shape index (κ2) is 5.03. The van der Waals surface area contributed by atoms with Gasteiger partial charge in [-0.05, 0) is 25.0 Å². The van der Waals surface area contributed by atoms with Crippen LogP contribution in [-0.4, -0.2) is 41.5 Å². The molecule has 8 heteroatoms. The van der Waals surface area contributed by atoms with Crippen molar-refractivity contribution in [1.29, 1.82) is 0 Å². The van der Waals surface area contributed by atoms with Crippen molar-refractivity contribution < 1.29 is 28.2 Å². The number of nitrogens with zero attached hydrogens (tertiary/aromatic N) is 1. The highest BCUT2D eigenvalue weighted by atomic mass is 19.3. The fourth-order valence-electron chi connectivity index (χ4n) is 2.17. The molecule has 1 aliphatic carbocycles. The van der Waals surface area contributed by atoms with Crippen LogP contribution >= 0.6 is 0 Å². The monoisotopic (exact) mass is 300 g/mol. The van der Waals surface area contributed by atoms with Crippen LogP contribution in [0.2, 0.25) is 0 Å². The second-order valence-electron chi connectivity index (χ2n) is 4.91. The number of aliphatic hydroxyl groups is 1. The van der Waals surface area contributed by atoms with Gasteiger partial charge in [0.1, 0.15) is 0 Å². The molecule has 1 fully saturated rings. The van der Waals surface area contributed by atoms with E-state index in [9.17, 15) is 13.6 Å². The van der Waals surface area contributed by atoms with Gasteiger partial charge in [-0.25, -0.2) is 4.79 Å². The van der Waals surface area contributed by atoms with Crippen molar-refractivity contribution in [3.8, 4) is 11.5 Å². The third-order valence-corrected chi connectivity index (χ3v) is 3.24. The zero-order valence-electron chi connectivity index (χ0n) is 11.0. The molecule has 1 saturated carbocycles. The Labute approximate surface area is 119 Å². The lowest BCUT2D eigenvalue weighted by Gasteiger charge is -2.21. The molecule has 0 radical (unpaired) electrons. The van der Waals surface area contributed by atoms with Crippen LogP contribution in [0.1, 0.15) is 12.8 Å². The number of amides is 2. The van der Waals surface area contributed by atoms with Crippen molar-refractivity contribution in [3.05, 3.63) is 18.2 Å². The van der Waals surface area contributed by atoms with E-state index in [4.69, 9.17) is 5.11 Å². The first-order valence-corrected chi connectivity index (χ1v) is 6.57. The topological polar surface area (TPSA) is 71.0 Å². The van der Waals surface area contributed by atoms with Crippen molar-refractivity contribution >= 4 is 11.7 Å². The van der Waals surface area contributed by atoms with E-state index in [0.29, 0.717) is 5.69 Å². The van der Waals surface area contributed by atoms with E-state index in [1.807, 2.05) is 0 Å². The molecule has 0 spiro atoms. The van der Waals surface area contributed by atoms with Crippen LogP contribution in [0.25, 0.3) is 0 Å². The van der Waals surface area contributed by atoms with Gasteiger partial charge in [-0.15, -0.1) is 8.78 Å². The van der Waals surface area contributed by atoms with Crippen molar-refractivity contribution in [1.82, 2.24) is 4.90 Å². The van der Waals surface area contributed by atoms with Gasteiger partial charge in [-0.1, -0.05) is 0 Å². The van der Waals surface area contributed by atoms with Crippen LogP contribution in [0, 0.1) is 0 Å². The summed E-state index contributed by atoms with van der Waals surface area (Å²) in [5.41, 5.74) is 0.323. The highest BCUT2D eigenvalue weighted by Gasteiger charge is 2.43. The Hall–Kier alpha value is -2.09. The summed E-state index contributed by atoms with van der Waals surface area (Å²) >= 11 is 0. The fraction of sp³-hybridized carbons (Fsp3) is 0.462. The minimum Gasteiger partial charge on any atom is -0.395 e. The number of nitrogens with one attached hydrogen (secondary N) is 1. The molecule has 2 aliphatic rings. The number of carbonyl (C=O) groups is 1. The van der Waals surface area contributed by atoms with E-state index in [1.54, 1.807) is 0 Å². The maximum atomic E-state index is 12.9. The van der Waals surface area contributed by atoms with Crippen LogP contribution < -0.4 is 14.8 Å². The number of urea groups is 1. The van der Waals surface area contributed by atoms with Crippen LogP contribution in [0.15, 0.2) is 18.2 Å². The third-order valence-electron chi connectivity index (χ3n) is 3.24. The van der Waals surface area contributed by atoms with Crippen LogP contribution in [0.5, 0.6) is 11.5 Å². The predicted octanol–water partition coefficient (Wildman–Crippen LogP) is 2.00. The summed E-state index contributed by atoms with van der Waals surface area (Å²) in [5, 5.41) is 11.6. The Kier molecular flexibility index (Phi) is 3.32. The van der Waals surface area contributed by atoms with Crippen molar-refractivity contribution in [2.75, 3.05) is 18.5 Å². The van der Waals surface area contributed by atoms with Gasteiger partial charge in [0, 0.05) is 24.3 Å². The summed E-state index contributed by atoms with van der Waals surface area (Å²) in [6.45, 7) is 0.108. The predicted molar refractivity (Wildman–Crippen MR) is 68.5 cm³/mol. The molecule has 2 N–H and O–H groups in total. The molecule has 6 nitrogen and oxygen atoms in total. The van der Waals surface area contributed by atoms with E-state index < -0.39 is 6.29 Å². The molecule has 0 aromatic heterocycles. The van der Waals surface area contributed by atoms with Gasteiger partial charge in [0.25, 0.3) is 0 Å². The number of halogens is 2. The first-order valence-electron chi connectivity index (χ1n) is 6.57. The molecule has 21 heavy (non-hydrogen) atoms. The lowest BCUT2D eigenvalue weighted by Crippen LogP contribution is -2.38. The number of hydrogen-bond acceptors (Lipinski definition) is 4. The van der Waals surface area contributed by atoms with Gasteiger partial charge in [0.15, 0.2) is 11.5 Å². The Balaban J connectivity index is 1.69. The molecule has 1 aromatic rings. The molecule has 0 saturated heterocycles. The van der Waals surface area contributed by atoms with Crippen molar-refractivity contribution in [3.63, 3.8) is 0 Å². The molecule has 1 heterocycles. The van der Waals surface area contributed by atoms with E-state index in [0.717, 1.165) is 12.8 Å².